The number of hydrogen-bond acceptors (Lipinski definition) is 3. The van der Waals surface area contributed by atoms with Crippen LogP contribution in [0.25, 0.3) is 0 Å². The summed E-state index contributed by atoms with van der Waals surface area (Å²) in [7, 11) is 1.91. The highest BCUT2D eigenvalue weighted by atomic mass is 19.1. The fourth-order valence-corrected chi connectivity index (χ4v) is 3.04. The largest absolute Gasteiger partial charge is 0.491 e. The first-order valence-electron chi connectivity index (χ1n) is 6.96. The van der Waals surface area contributed by atoms with Crippen molar-refractivity contribution in [1.29, 1.82) is 0 Å². The Kier molecular flexibility index (Phi) is 4.42. The summed E-state index contributed by atoms with van der Waals surface area (Å²) in [6, 6.07) is 5.32. The van der Waals surface area contributed by atoms with E-state index in [4.69, 9.17) is 10.5 Å². The molecule has 0 radical (unpaired) electrons. The van der Waals surface area contributed by atoms with E-state index in [2.05, 4.69) is 5.32 Å². The minimum atomic E-state index is -0.300. The lowest BCUT2D eigenvalue weighted by atomic mass is 9.62. The zero-order valence-corrected chi connectivity index (χ0v) is 11.7. The Morgan fingerprint density at radius 3 is 2.63 bits per heavy atom. The van der Waals surface area contributed by atoms with Crippen molar-refractivity contribution in [3.63, 3.8) is 0 Å². The fourth-order valence-electron chi connectivity index (χ4n) is 3.04. The van der Waals surface area contributed by atoms with E-state index in [1.165, 1.54) is 6.42 Å². The van der Waals surface area contributed by atoms with Gasteiger partial charge < -0.3 is 15.8 Å². The zero-order valence-electron chi connectivity index (χ0n) is 11.7. The summed E-state index contributed by atoms with van der Waals surface area (Å²) in [6.07, 6.45) is 3.41. The molecule has 0 bridgehead atoms. The Balaban J connectivity index is 2.26. The molecule has 3 N–H and O–H groups in total. The van der Waals surface area contributed by atoms with Crippen LogP contribution in [0.4, 0.5) is 4.39 Å². The standard InChI is InChI=1S/C15H23FN2O/c1-3-19-13-6-5-11(9-12(13)16)14(18-2)15(10-17)7-4-8-15/h5-6,9,14,18H,3-4,7-8,10,17H2,1-2H3. The summed E-state index contributed by atoms with van der Waals surface area (Å²) in [6.45, 7) is 2.95. The molecule has 0 aliphatic heterocycles. The molecule has 19 heavy (non-hydrogen) atoms. The number of benzene rings is 1. The normalized spacial score (nSPS) is 18.7. The van der Waals surface area contributed by atoms with Crippen LogP contribution in [0.3, 0.4) is 0 Å². The molecule has 0 saturated heterocycles. The Morgan fingerprint density at radius 2 is 2.21 bits per heavy atom. The van der Waals surface area contributed by atoms with Crippen LogP contribution in [-0.2, 0) is 0 Å². The summed E-state index contributed by atoms with van der Waals surface area (Å²) in [5.41, 5.74) is 6.97. The van der Waals surface area contributed by atoms with Crippen molar-refractivity contribution in [2.75, 3.05) is 20.2 Å². The molecule has 1 aromatic rings. The first-order valence-corrected chi connectivity index (χ1v) is 6.96. The van der Waals surface area contributed by atoms with Gasteiger partial charge in [-0.25, -0.2) is 4.39 Å². The number of ether oxygens (including phenoxy) is 1. The number of rotatable bonds is 6. The molecular formula is C15H23FN2O. The van der Waals surface area contributed by atoms with Gasteiger partial charge in [-0.1, -0.05) is 12.5 Å². The molecule has 2 rings (SSSR count). The van der Waals surface area contributed by atoms with Crippen molar-refractivity contribution in [2.24, 2.45) is 11.1 Å². The van der Waals surface area contributed by atoms with Crippen LogP contribution in [-0.4, -0.2) is 20.2 Å². The molecule has 1 saturated carbocycles. The molecule has 3 nitrogen and oxygen atoms in total. The van der Waals surface area contributed by atoms with Crippen molar-refractivity contribution in [1.82, 2.24) is 5.32 Å². The smallest absolute Gasteiger partial charge is 0.165 e. The highest BCUT2D eigenvalue weighted by molar-refractivity contribution is 5.32. The summed E-state index contributed by atoms with van der Waals surface area (Å²) in [5, 5.41) is 3.30. The maximum Gasteiger partial charge on any atom is 0.165 e. The lowest BCUT2D eigenvalue weighted by Gasteiger charge is -2.47. The SMILES string of the molecule is CCOc1ccc(C(NC)C2(CN)CCC2)cc1F. The minimum absolute atomic E-state index is 0.0777. The zero-order chi connectivity index (χ0) is 13.9. The van der Waals surface area contributed by atoms with Gasteiger partial charge in [0, 0.05) is 11.5 Å². The average molecular weight is 266 g/mol. The van der Waals surface area contributed by atoms with E-state index < -0.39 is 0 Å². The van der Waals surface area contributed by atoms with Gasteiger partial charge in [0.25, 0.3) is 0 Å². The molecule has 1 aromatic carbocycles. The topological polar surface area (TPSA) is 47.3 Å². The number of hydrogen-bond donors (Lipinski definition) is 2. The quantitative estimate of drug-likeness (QED) is 0.832. The van der Waals surface area contributed by atoms with E-state index in [-0.39, 0.29) is 17.3 Å². The Hall–Kier alpha value is -1.13. The predicted molar refractivity (Wildman–Crippen MR) is 74.7 cm³/mol. The molecule has 1 atom stereocenters. The van der Waals surface area contributed by atoms with E-state index in [1.54, 1.807) is 12.1 Å². The molecule has 0 aromatic heterocycles. The van der Waals surface area contributed by atoms with Gasteiger partial charge in [0.05, 0.1) is 6.61 Å². The van der Waals surface area contributed by atoms with Crippen LogP contribution in [0.1, 0.15) is 37.8 Å². The molecule has 1 aliphatic rings. The molecule has 1 fully saturated rings. The van der Waals surface area contributed by atoms with Gasteiger partial charge in [-0.15, -0.1) is 0 Å². The van der Waals surface area contributed by atoms with Gasteiger partial charge in [0.1, 0.15) is 0 Å². The first-order chi connectivity index (χ1) is 9.16. The summed E-state index contributed by atoms with van der Waals surface area (Å²) < 4.78 is 19.2. The van der Waals surface area contributed by atoms with Gasteiger partial charge in [-0.2, -0.15) is 0 Å². The van der Waals surface area contributed by atoms with E-state index in [0.717, 1.165) is 18.4 Å². The molecule has 1 unspecified atom stereocenters. The number of halogens is 1. The van der Waals surface area contributed by atoms with Gasteiger partial charge in [0.2, 0.25) is 0 Å². The molecule has 0 spiro atoms. The Bertz CT molecular complexity index is 427. The second-order valence-electron chi connectivity index (χ2n) is 5.26. The van der Waals surface area contributed by atoms with E-state index in [0.29, 0.717) is 18.9 Å². The van der Waals surface area contributed by atoms with Crippen LogP contribution >= 0.6 is 0 Å². The monoisotopic (exact) mass is 266 g/mol. The average Bonchev–Trinajstić information content (AvgIpc) is 2.36. The lowest BCUT2D eigenvalue weighted by molar-refractivity contribution is 0.0877. The van der Waals surface area contributed by atoms with E-state index in [9.17, 15) is 4.39 Å². The summed E-state index contributed by atoms with van der Waals surface area (Å²) >= 11 is 0. The number of nitrogens with two attached hydrogens (primary N) is 1. The van der Waals surface area contributed by atoms with Crippen molar-refractivity contribution in [3.05, 3.63) is 29.6 Å². The summed E-state index contributed by atoms with van der Waals surface area (Å²) in [4.78, 5) is 0. The van der Waals surface area contributed by atoms with Crippen LogP contribution in [0.5, 0.6) is 5.75 Å². The molecular weight excluding hydrogens is 243 g/mol. The fraction of sp³-hybridized carbons (Fsp3) is 0.600. The Morgan fingerprint density at radius 1 is 1.47 bits per heavy atom. The van der Waals surface area contributed by atoms with Crippen molar-refractivity contribution in [2.45, 2.75) is 32.2 Å². The molecule has 0 heterocycles. The van der Waals surface area contributed by atoms with Crippen LogP contribution < -0.4 is 15.8 Å². The second-order valence-corrected chi connectivity index (χ2v) is 5.26. The maximum atomic E-state index is 14.0. The van der Waals surface area contributed by atoms with Gasteiger partial charge >= 0.3 is 0 Å². The second kappa shape index (κ2) is 5.88. The highest BCUT2D eigenvalue weighted by Crippen LogP contribution is 2.49. The van der Waals surface area contributed by atoms with Crippen molar-refractivity contribution in [3.8, 4) is 5.75 Å². The molecule has 0 amide bonds. The van der Waals surface area contributed by atoms with Crippen molar-refractivity contribution < 1.29 is 9.13 Å². The van der Waals surface area contributed by atoms with Crippen LogP contribution in [0, 0.1) is 11.2 Å². The van der Waals surface area contributed by atoms with Gasteiger partial charge in [0.15, 0.2) is 11.6 Å². The lowest BCUT2D eigenvalue weighted by Crippen LogP contribution is -2.47. The Labute approximate surface area is 114 Å². The van der Waals surface area contributed by atoms with Crippen LogP contribution in [0.2, 0.25) is 0 Å². The van der Waals surface area contributed by atoms with E-state index in [1.807, 2.05) is 20.0 Å². The third kappa shape index (κ3) is 2.60. The third-order valence-corrected chi connectivity index (χ3v) is 4.25. The van der Waals surface area contributed by atoms with Gasteiger partial charge in [-0.05, 0) is 51.1 Å². The molecule has 4 heteroatoms. The summed E-state index contributed by atoms with van der Waals surface area (Å²) in [5.74, 6) is 0.0163. The van der Waals surface area contributed by atoms with E-state index >= 15 is 0 Å². The van der Waals surface area contributed by atoms with Crippen molar-refractivity contribution >= 4 is 0 Å². The maximum absolute atomic E-state index is 14.0. The van der Waals surface area contributed by atoms with Gasteiger partial charge in [-0.3, -0.25) is 0 Å². The molecule has 1 aliphatic carbocycles. The predicted octanol–water partition coefficient (Wildman–Crippen LogP) is 2.61. The number of nitrogens with one attached hydrogen (secondary N) is 1. The highest BCUT2D eigenvalue weighted by Gasteiger charge is 2.43. The third-order valence-electron chi connectivity index (χ3n) is 4.25. The van der Waals surface area contributed by atoms with Crippen LogP contribution in [0.15, 0.2) is 18.2 Å². The minimum Gasteiger partial charge on any atom is -0.491 e. The first kappa shape index (κ1) is 14.3. The molecule has 106 valence electrons.